The Labute approximate surface area is 199 Å². The summed E-state index contributed by atoms with van der Waals surface area (Å²) >= 11 is 1.36. The molecule has 0 saturated carbocycles. The van der Waals surface area contributed by atoms with E-state index in [0.29, 0.717) is 17.5 Å². The maximum absolute atomic E-state index is 12.9. The van der Waals surface area contributed by atoms with E-state index in [1.807, 2.05) is 38.1 Å². The molecule has 2 aromatic carbocycles. The van der Waals surface area contributed by atoms with E-state index in [1.165, 1.54) is 28.6 Å². The van der Waals surface area contributed by atoms with Gasteiger partial charge in [-0.2, -0.15) is 0 Å². The van der Waals surface area contributed by atoms with Crippen LogP contribution in [0.25, 0.3) is 0 Å². The Kier molecular flexibility index (Phi) is 7.02. The third-order valence-electron chi connectivity index (χ3n) is 5.71. The van der Waals surface area contributed by atoms with E-state index in [4.69, 9.17) is 9.47 Å². The van der Waals surface area contributed by atoms with Gasteiger partial charge in [0.1, 0.15) is 12.7 Å². The Bertz CT molecular complexity index is 1330. The van der Waals surface area contributed by atoms with Crippen LogP contribution in [0.15, 0.2) is 70.4 Å². The van der Waals surface area contributed by atoms with Crippen molar-refractivity contribution < 1.29 is 19.1 Å². The molecule has 34 heavy (non-hydrogen) atoms. The van der Waals surface area contributed by atoms with Crippen LogP contribution >= 0.6 is 11.8 Å². The monoisotopic (exact) mass is 480 g/mol. The summed E-state index contributed by atoms with van der Waals surface area (Å²) in [7, 11) is 0. The third kappa shape index (κ3) is 5.14. The Hall–Kier alpha value is -3.59. The number of esters is 2. The lowest BCUT2D eigenvalue weighted by Gasteiger charge is -2.19. The Morgan fingerprint density at radius 2 is 1.59 bits per heavy atom. The third-order valence-corrected chi connectivity index (χ3v) is 7.23. The minimum absolute atomic E-state index is 0.00183. The van der Waals surface area contributed by atoms with Gasteiger partial charge in [0.05, 0.1) is 21.8 Å². The van der Waals surface area contributed by atoms with Crippen molar-refractivity contribution in [2.75, 3.05) is 6.61 Å². The van der Waals surface area contributed by atoms with Gasteiger partial charge in [-0.25, -0.2) is 14.4 Å². The van der Waals surface area contributed by atoms with Crippen LogP contribution in [0.5, 0.6) is 0 Å². The molecule has 0 bridgehead atoms. The van der Waals surface area contributed by atoms with Crippen molar-refractivity contribution in [3.63, 3.8) is 0 Å². The fraction of sp³-hybridized carbons (Fsp3) is 0.280. The Morgan fingerprint density at radius 3 is 2.21 bits per heavy atom. The number of thioether (sulfide) groups is 1. The van der Waals surface area contributed by atoms with E-state index < -0.39 is 39.9 Å². The van der Waals surface area contributed by atoms with Crippen molar-refractivity contribution in [1.29, 1.82) is 0 Å². The maximum Gasteiger partial charge on any atom is 0.338 e. The van der Waals surface area contributed by atoms with Gasteiger partial charge in [-0.05, 0) is 37.1 Å². The molecule has 1 saturated heterocycles. The van der Waals surface area contributed by atoms with Gasteiger partial charge in [0.2, 0.25) is 0 Å². The number of hydrogen-bond donors (Lipinski definition) is 1. The normalized spacial score (nSPS) is 19.5. The summed E-state index contributed by atoms with van der Waals surface area (Å²) in [5.74, 6) is -0.944. The SMILES string of the molecule is Cc1ccccc1C(=O)OC[C@H]1SC(n2ccc(=O)[nH]c2=O)C[C@@H]1OC(=O)c1ccccc1C. The highest BCUT2D eigenvalue weighted by Gasteiger charge is 2.40. The fourth-order valence-electron chi connectivity index (χ4n) is 3.84. The van der Waals surface area contributed by atoms with Crippen molar-refractivity contribution in [2.24, 2.45) is 0 Å². The molecule has 0 spiro atoms. The van der Waals surface area contributed by atoms with Crippen molar-refractivity contribution in [2.45, 2.75) is 37.0 Å². The topological polar surface area (TPSA) is 107 Å². The average molecular weight is 481 g/mol. The number of aromatic nitrogens is 2. The molecule has 176 valence electrons. The van der Waals surface area contributed by atoms with E-state index in [-0.39, 0.29) is 6.61 Å². The largest absolute Gasteiger partial charge is 0.461 e. The minimum atomic E-state index is -0.606. The van der Waals surface area contributed by atoms with Crippen LogP contribution in [0.1, 0.15) is 43.6 Å². The molecule has 8 nitrogen and oxygen atoms in total. The predicted octanol–water partition coefficient (Wildman–Crippen LogP) is 3.24. The highest BCUT2D eigenvalue weighted by molar-refractivity contribution is 8.00. The molecule has 2 heterocycles. The van der Waals surface area contributed by atoms with Crippen molar-refractivity contribution >= 4 is 23.7 Å². The van der Waals surface area contributed by atoms with E-state index >= 15 is 0 Å². The van der Waals surface area contributed by atoms with Crippen LogP contribution in [-0.2, 0) is 9.47 Å². The standard InChI is InChI=1S/C25H24N2O6S/c1-15-7-3-5-9-17(15)23(29)32-14-20-19(33-24(30)18-10-6-4-8-16(18)2)13-22(34-20)27-12-11-21(28)26-25(27)31/h3-12,19-20,22H,13-14H2,1-2H3,(H,26,28,31)/t19-,20+,22?/m0/s1. The molecule has 9 heteroatoms. The maximum atomic E-state index is 12.9. The summed E-state index contributed by atoms with van der Waals surface area (Å²) in [4.78, 5) is 51.5. The average Bonchev–Trinajstić information content (AvgIpc) is 3.20. The molecule has 3 aromatic rings. The number of nitrogens with zero attached hydrogens (tertiary/aromatic N) is 1. The van der Waals surface area contributed by atoms with Crippen LogP contribution in [-0.4, -0.2) is 39.5 Å². The first kappa shape index (κ1) is 23.6. The first-order chi connectivity index (χ1) is 16.3. The molecule has 1 fully saturated rings. The Morgan fingerprint density at radius 1 is 0.971 bits per heavy atom. The number of carbonyl (C=O) groups is 2. The quantitative estimate of drug-likeness (QED) is 0.540. The second-order valence-corrected chi connectivity index (χ2v) is 9.48. The highest BCUT2D eigenvalue weighted by Crippen LogP contribution is 2.42. The zero-order chi connectivity index (χ0) is 24.2. The lowest BCUT2D eigenvalue weighted by molar-refractivity contribution is 0.0204. The predicted molar refractivity (Wildman–Crippen MR) is 128 cm³/mol. The molecule has 1 N–H and O–H groups in total. The summed E-state index contributed by atoms with van der Waals surface area (Å²) in [6.45, 7) is 3.65. The lowest BCUT2D eigenvalue weighted by atomic mass is 10.1. The summed E-state index contributed by atoms with van der Waals surface area (Å²) in [6.07, 6.45) is 1.13. The summed E-state index contributed by atoms with van der Waals surface area (Å²) in [5.41, 5.74) is 1.46. The smallest absolute Gasteiger partial charge is 0.338 e. The molecule has 1 aliphatic rings. The second kappa shape index (κ2) is 10.1. The molecular weight excluding hydrogens is 456 g/mol. The van der Waals surface area contributed by atoms with Gasteiger partial charge in [-0.3, -0.25) is 14.3 Å². The minimum Gasteiger partial charge on any atom is -0.461 e. The van der Waals surface area contributed by atoms with Crippen molar-refractivity contribution in [1.82, 2.24) is 9.55 Å². The van der Waals surface area contributed by atoms with Gasteiger partial charge in [-0.15, -0.1) is 11.8 Å². The van der Waals surface area contributed by atoms with Crippen molar-refractivity contribution in [3.05, 3.63) is 104 Å². The molecule has 1 aliphatic heterocycles. The molecule has 4 rings (SSSR count). The van der Waals surface area contributed by atoms with E-state index in [1.54, 1.807) is 24.3 Å². The van der Waals surface area contributed by atoms with E-state index in [0.717, 1.165) is 11.1 Å². The van der Waals surface area contributed by atoms with Crippen LogP contribution in [0.3, 0.4) is 0 Å². The van der Waals surface area contributed by atoms with Gasteiger partial charge in [0.15, 0.2) is 0 Å². The first-order valence-corrected chi connectivity index (χ1v) is 11.7. The molecule has 0 amide bonds. The number of benzene rings is 2. The fourth-order valence-corrected chi connectivity index (χ4v) is 5.33. The number of H-pyrrole nitrogens is 1. The molecule has 0 radical (unpaired) electrons. The van der Waals surface area contributed by atoms with Gasteiger partial charge in [0, 0.05) is 18.7 Å². The highest BCUT2D eigenvalue weighted by atomic mass is 32.2. The first-order valence-electron chi connectivity index (χ1n) is 10.8. The number of rotatable bonds is 6. The zero-order valence-corrected chi connectivity index (χ0v) is 19.5. The number of aromatic amines is 1. The van der Waals surface area contributed by atoms with Crippen molar-refractivity contribution in [3.8, 4) is 0 Å². The van der Waals surface area contributed by atoms with Crippen LogP contribution in [0.2, 0.25) is 0 Å². The van der Waals surface area contributed by atoms with Gasteiger partial charge < -0.3 is 9.47 Å². The van der Waals surface area contributed by atoms with E-state index in [9.17, 15) is 19.2 Å². The number of nitrogens with one attached hydrogen (secondary N) is 1. The molecular formula is C25H24N2O6S. The van der Waals surface area contributed by atoms with Crippen LogP contribution in [0.4, 0.5) is 0 Å². The molecule has 1 aromatic heterocycles. The van der Waals surface area contributed by atoms with E-state index in [2.05, 4.69) is 4.98 Å². The zero-order valence-electron chi connectivity index (χ0n) is 18.7. The van der Waals surface area contributed by atoms with Crippen LogP contribution in [0, 0.1) is 13.8 Å². The van der Waals surface area contributed by atoms with Gasteiger partial charge in [0.25, 0.3) is 5.56 Å². The number of aryl methyl sites for hydroxylation is 2. The van der Waals surface area contributed by atoms with Gasteiger partial charge >= 0.3 is 17.6 Å². The molecule has 0 aliphatic carbocycles. The number of ether oxygens (including phenoxy) is 2. The number of hydrogen-bond acceptors (Lipinski definition) is 7. The second-order valence-electron chi connectivity index (χ2n) is 8.05. The summed E-state index contributed by atoms with van der Waals surface area (Å²) < 4.78 is 12.8. The lowest BCUT2D eigenvalue weighted by Crippen LogP contribution is -2.31. The Balaban J connectivity index is 1.54. The molecule has 1 unspecified atom stereocenters. The van der Waals surface area contributed by atoms with Gasteiger partial charge in [-0.1, -0.05) is 36.4 Å². The molecule has 3 atom stereocenters. The van der Waals surface area contributed by atoms with Crippen LogP contribution < -0.4 is 11.2 Å². The summed E-state index contributed by atoms with van der Waals surface area (Å²) in [6, 6.07) is 15.5. The summed E-state index contributed by atoms with van der Waals surface area (Å²) in [5, 5.41) is -0.800. The number of carbonyl (C=O) groups excluding carboxylic acids is 2.